The second-order valence-corrected chi connectivity index (χ2v) is 8.68. The van der Waals surface area contributed by atoms with Crippen LogP contribution in [0.25, 0.3) is 22.4 Å². The summed E-state index contributed by atoms with van der Waals surface area (Å²) in [6, 6.07) is 16.0. The van der Waals surface area contributed by atoms with Gasteiger partial charge in [0, 0.05) is 17.4 Å². The van der Waals surface area contributed by atoms with Crippen molar-refractivity contribution in [1.29, 1.82) is 0 Å². The smallest absolute Gasteiger partial charge is 0.307 e. The second kappa shape index (κ2) is 7.59. The van der Waals surface area contributed by atoms with E-state index in [1.165, 1.54) is 5.56 Å². The maximum atomic E-state index is 11.4. The lowest BCUT2D eigenvalue weighted by Gasteiger charge is -1.99. The molecule has 0 radical (unpaired) electrons. The van der Waals surface area contributed by atoms with Crippen molar-refractivity contribution >= 4 is 22.3 Å². The van der Waals surface area contributed by atoms with Crippen molar-refractivity contribution in [3.63, 3.8) is 0 Å². The highest BCUT2D eigenvalue weighted by Crippen LogP contribution is 2.28. The Kier molecular flexibility index (Phi) is 4.75. The first-order chi connectivity index (χ1) is 14.9. The molecule has 0 fully saturated rings. The first-order valence-corrected chi connectivity index (χ1v) is 10.7. The van der Waals surface area contributed by atoms with Crippen molar-refractivity contribution in [2.24, 2.45) is 0 Å². The molecular formula is C24H20N2O4S. The summed E-state index contributed by atoms with van der Waals surface area (Å²) in [6.45, 7) is 3.96. The summed E-state index contributed by atoms with van der Waals surface area (Å²) in [5.41, 5.74) is 4.76. The number of fused-ring (bicyclic) bond motifs is 1. The van der Waals surface area contributed by atoms with Crippen LogP contribution in [0.15, 0.2) is 62.2 Å². The third-order valence-electron chi connectivity index (χ3n) is 5.23. The van der Waals surface area contributed by atoms with E-state index in [1.54, 1.807) is 0 Å². The third kappa shape index (κ3) is 3.92. The summed E-state index contributed by atoms with van der Waals surface area (Å²) in [6.07, 6.45) is 1.01. The van der Waals surface area contributed by atoms with Gasteiger partial charge in [-0.3, -0.25) is 9.78 Å². The van der Waals surface area contributed by atoms with E-state index in [-0.39, 0.29) is 10.8 Å². The Bertz CT molecular complexity index is 1440. The monoisotopic (exact) mass is 432 g/mol. The van der Waals surface area contributed by atoms with Crippen LogP contribution in [0.1, 0.15) is 33.2 Å². The maximum Gasteiger partial charge on any atom is 0.307 e. The number of aromatic amines is 1. The van der Waals surface area contributed by atoms with Gasteiger partial charge in [-0.05, 0) is 49.7 Å². The van der Waals surface area contributed by atoms with Crippen molar-refractivity contribution in [2.75, 3.05) is 0 Å². The highest BCUT2D eigenvalue weighted by molar-refractivity contribution is 7.09. The fourth-order valence-corrected chi connectivity index (χ4v) is 4.34. The molecule has 3 heterocycles. The number of aryl methyl sites for hydroxylation is 2. The van der Waals surface area contributed by atoms with Gasteiger partial charge in [-0.1, -0.05) is 35.1 Å². The van der Waals surface area contributed by atoms with Gasteiger partial charge in [0.2, 0.25) is 11.8 Å². The molecule has 0 aliphatic rings. The molecule has 3 aromatic heterocycles. The molecule has 0 aliphatic carbocycles. The summed E-state index contributed by atoms with van der Waals surface area (Å²) in [5, 5.41) is 10.8. The highest BCUT2D eigenvalue weighted by atomic mass is 32.1. The normalized spacial score (nSPS) is 11.4. The number of oxazole rings is 1. The summed E-state index contributed by atoms with van der Waals surface area (Å²) in [4.78, 5) is 18.8. The minimum absolute atomic E-state index is 0.0612. The van der Waals surface area contributed by atoms with Gasteiger partial charge in [0.05, 0.1) is 17.0 Å². The molecule has 0 spiro atoms. The Morgan fingerprint density at radius 1 is 1.03 bits per heavy atom. The number of H-pyrrole nitrogens is 1. The van der Waals surface area contributed by atoms with Crippen molar-refractivity contribution in [2.45, 2.75) is 26.7 Å². The molecule has 0 unspecified atom stereocenters. The lowest BCUT2D eigenvalue weighted by molar-refractivity contribution is 0.451. The Labute approximate surface area is 181 Å². The molecule has 0 amide bonds. The fraction of sp³-hybridized carbons (Fsp3) is 0.167. The minimum Gasteiger partial charge on any atom is -0.494 e. The lowest BCUT2D eigenvalue weighted by Crippen LogP contribution is -1.89. The standard InChI is InChI=1S/C24H20N2O4S/c1-13-3-6-16(7-4-13)23-25-19(14(2)29-23)12-18-11-17-9-15(5-8-20(17)30-18)10-21-22(27)26-24(28)31-21/h3-9,11,27H,10,12H2,1-2H3,(H,26,28). The zero-order valence-electron chi connectivity index (χ0n) is 17.1. The Morgan fingerprint density at radius 3 is 2.58 bits per heavy atom. The van der Waals surface area contributed by atoms with E-state index in [1.807, 2.05) is 62.4 Å². The Balaban J connectivity index is 1.39. The number of aromatic hydroxyl groups is 1. The number of hydrogen-bond acceptors (Lipinski definition) is 6. The van der Waals surface area contributed by atoms with Gasteiger partial charge in [0.1, 0.15) is 17.1 Å². The molecule has 0 aliphatic heterocycles. The first kappa shape index (κ1) is 19.4. The number of nitrogens with zero attached hydrogens (tertiary/aromatic N) is 1. The highest BCUT2D eigenvalue weighted by Gasteiger charge is 2.15. The zero-order valence-corrected chi connectivity index (χ0v) is 17.9. The van der Waals surface area contributed by atoms with Crippen LogP contribution >= 0.6 is 11.3 Å². The summed E-state index contributed by atoms with van der Waals surface area (Å²) >= 11 is 1.02. The molecule has 0 bridgehead atoms. The quantitative estimate of drug-likeness (QED) is 0.391. The number of furan rings is 1. The van der Waals surface area contributed by atoms with Crippen LogP contribution in [0.5, 0.6) is 5.88 Å². The number of hydrogen-bond donors (Lipinski definition) is 2. The lowest BCUT2D eigenvalue weighted by atomic mass is 10.1. The maximum absolute atomic E-state index is 11.4. The van der Waals surface area contributed by atoms with Crippen LogP contribution in [0.2, 0.25) is 0 Å². The van der Waals surface area contributed by atoms with Gasteiger partial charge in [-0.25, -0.2) is 4.98 Å². The molecule has 0 atom stereocenters. The van der Waals surface area contributed by atoms with E-state index in [4.69, 9.17) is 8.83 Å². The van der Waals surface area contributed by atoms with E-state index >= 15 is 0 Å². The molecule has 7 heteroatoms. The van der Waals surface area contributed by atoms with Crippen LogP contribution in [0.3, 0.4) is 0 Å². The molecule has 2 aromatic carbocycles. The predicted molar refractivity (Wildman–Crippen MR) is 120 cm³/mol. The average molecular weight is 433 g/mol. The van der Waals surface area contributed by atoms with Crippen molar-refractivity contribution in [3.8, 4) is 17.3 Å². The molecule has 31 heavy (non-hydrogen) atoms. The molecule has 5 aromatic rings. The third-order valence-corrected chi connectivity index (χ3v) is 6.10. The van der Waals surface area contributed by atoms with E-state index in [0.717, 1.165) is 50.6 Å². The molecule has 0 saturated carbocycles. The van der Waals surface area contributed by atoms with Crippen molar-refractivity contribution in [3.05, 3.63) is 91.4 Å². The van der Waals surface area contributed by atoms with Crippen LogP contribution < -0.4 is 4.87 Å². The average Bonchev–Trinajstić information content (AvgIpc) is 3.39. The van der Waals surface area contributed by atoms with E-state index < -0.39 is 0 Å². The van der Waals surface area contributed by atoms with E-state index in [0.29, 0.717) is 23.6 Å². The second-order valence-electron chi connectivity index (χ2n) is 7.61. The largest absolute Gasteiger partial charge is 0.494 e. The summed E-state index contributed by atoms with van der Waals surface area (Å²) in [5.74, 6) is 2.12. The van der Waals surface area contributed by atoms with Gasteiger partial charge >= 0.3 is 4.87 Å². The topological polar surface area (TPSA) is 92.3 Å². The Hall–Kier alpha value is -3.58. The van der Waals surface area contributed by atoms with Crippen LogP contribution in [-0.2, 0) is 12.8 Å². The van der Waals surface area contributed by atoms with Crippen molar-refractivity contribution < 1.29 is 13.9 Å². The van der Waals surface area contributed by atoms with Crippen LogP contribution in [-0.4, -0.2) is 15.1 Å². The number of aromatic nitrogens is 2. The van der Waals surface area contributed by atoms with Crippen LogP contribution in [0.4, 0.5) is 0 Å². The van der Waals surface area contributed by atoms with Gasteiger partial charge in [-0.15, -0.1) is 0 Å². The zero-order chi connectivity index (χ0) is 21.5. The Morgan fingerprint density at radius 2 is 1.84 bits per heavy atom. The molecule has 2 N–H and O–H groups in total. The number of rotatable bonds is 5. The molecule has 5 rings (SSSR count). The molecular weight excluding hydrogens is 412 g/mol. The number of nitrogens with one attached hydrogen (secondary N) is 1. The number of benzene rings is 2. The summed E-state index contributed by atoms with van der Waals surface area (Å²) < 4.78 is 11.9. The number of thiazole rings is 1. The van der Waals surface area contributed by atoms with Crippen LogP contribution in [0, 0.1) is 13.8 Å². The van der Waals surface area contributed by atoms with Gasteiger partial charge in [0.15, 0.2) is 0 Å². The van der Waals surface area contributed by atoms with Crippen molar-refractivity contribution in [1.82, 2.24) is 9.97 Å². The minimum atomic E-state index is -0.257. The van der Waals surface area contributed by atoms with Gasteiger partial charge < -0.3 is 13.9 Å². The molecule has 156 valence electrons. The fourth-order valence-electron chi connectivity index (χ4n) is 3.58. The SMILES string of the molecule is Cc1ccc(-c2nc(Cc3cc4cc(Cc5sc(=O)[nH]c5O)ccc4o3)c(C)o2)cc1. The predicted octanol–water partition coefficient (Wildman–Crippen LogP) is 5.34. The van der Waals surface area contributed by atoms with E-state index in [9.17, 15) is 9.90 Å². The first-order valence-electron chi connectivity index (χ1n) is 9.90. The van der Waals surface area contributed by atoms with Gasteiger partial charge in [0.25, 0.3) is 0 Å². The van der Waals surface area contributed by atoms with E-state index in [2.05, 4.69) is 9.97 Å². The molecule has 0 saturated heterocycles. The van der Waals surface area contributed by atoms with Gasteiger partial charge in [-0.2, -0.15) is 0 Å². The molecule has 6 nitrogen and oxygen atoms in total. The summed E-state index contributed by atoms with van der Waals surface area (Å²) in [7, 11) is 0.